The van der Waals surface area contributed by atoms with Crippen molar-refractivity contribution < 1.29 is 24.9 Å². The highest BCUT2D eigenvalue weighted by atomic mass is 32.2. The largest absolute Gasteiger partial charge is 0.387 e. The lowest BCUT2D eigenvalue weighted by atomic mass is 9.99. The number of hydrogen-bond donors (Lipinski definition) is 4. The number of carbonyl (C=O) groups is 1. The molecule has 1 saturated heterocycles. The van der Waals surface area contributed by atoms with Crippen LogP contribution in [-0.2, 0) is 9.53 Å². The molecule has 7 heteroatoms. The maximum atomic E-state index is 10.5. The monoisotopic (exact) mass is 263 g/mol. The summed E-state index contributed by atoms with van der Waals surface area (Å²) in [6, 6.07) is 0. The molecule has 0 aromatic heterocycles. The topological polar surface area (TPSA) is 113 Å². The average molecular weight is 263 g/mol. The number of carbonyl (C=O) groups excluding carboxylic acids is 1. The third-order valence-electron chi connectivity index (χ3n) is 2.48. The van der Waals surface area contributed by atoms with E-state index in [0.29, 0.717) is 0 Å². The van der Waals surface area contributed by atoms with E-state index in [1.807, 2.05) is 0 Å². The summed E-state index contributed by atoms with van der Waals surface area (Å²) < 4.78 is 5.38. The van der Waals surface area contributed by atoms with E-state index < -0.39 is 35.8 Å². The van der Waals surface area contributed by atoms with Crippen LogP contribution in [0.3, 0.4) is 0 Å². The molecule has 0 aliphatic carbocycles. The summed E-state index contributed by atoms with van der Waals surface area (Å²) >= 11 is 1.23. The van der Waals surface area contributed by atoms with Crippen LogP contribution in [0.1, 0.15) is 6.42 Å². The third-order valence-corrected chi connectivity index (χ3v) is 3.34. The van der Waals surface area contributed by atoms with Crippen LogP contribution in [0, 0.1) is 0 Å². The summed E-state index contributed by atoms with van der Waals surface area (Å²) in [5.74, 6) is -0.492. The van der Waals surface area contributed by atoms with Crippen LogP contribution in [0.5, 0.6) is 0 Å². The van der Waals surface area contributed by atoms with Gasteiger partial charge in [-0.1, -0.05) is 12.2 Å². The third kappa shape index (κ3) is 3.68. The number of nitrogens with two attached hydrogens (primary N) is 1. The summed E-state index contributed by atoms with van der Waals surface area (Å²) in [6.45, 7) is 0. The van der Waals surface area contributed by atoms with Crippen molar-refractivity contribution in [3.8, 4) is 0 Å². The Morgan fingerprint density at radius 1 is 1.35 bits per heavy atom. The molecule has 1 amide bonds. The minimum absolute atomic E-state index is 0.0369. The molecule has 5 N–H and O–H groups in total. The normalized spacial score (nSPS) is 38.5. The molecular weight excluding hydrogens is 246 g/mol. The second kappa shape index (κ2) is 6.36. The highest BCUT2D eigenvalue weighted by Gasteiger charge is 2.42. The summed E-state index contributed by atoms with van der Waals surface area (Å²) in [5.41, 5.74) is 4.34. The molecule has 1 aliphatic rings. The maximum absolute atomic E-state index is 10.5. The molecule has 1 aliphatic heterocycles. The van der Waals surface area contributed by atoms with Gasteiger partial charge in [-0.3, -0.25) is 4.79 Å². The standard InChI is InChI=1S/C10H17NO5S/c1-17-10-9(15)8(14)7(13)5(16-10)3-2-4-6(11)12/h2-3,5,7-10,13-15H,4H2,1H3,(H2,11,12). The van der Waals surface area contributed by atoms with E-state index >= 15 is 0 Å². The molecule has 5 unspecified atom stereocenters. The van der Waals surface area contributed by atoms with Crippen LogP contribution in [0.2, 0.25) is 0 Å². The quantitative estimate of drug-likeness (QED) is 0.463. The fourth-order valence-corrected chi connectivity index (χ4v) is 2.22. The number of thioether (sulfide) groups is 1. The van der Waals surface area contributed by atoms with Crippen LogP contribution in [-0.4, -0.2) is 57.3 Å². The van der Waals surface area contributed by atoms with Gasteiger partial charge in [0.05, 0.1) is 0 Å². The second-order valence-corrected chi connectivity index (χ2v) is 4.71. The Hall–Kier alpha value is -0.600. The Morgan fingerprint density at radius 2 is 2.00 bits per heavy atom. The van der Waals surface area contributed by atoms with Gasteiger partial charge < -0.3 is 25.8 Å². The minimum atomic E-state index is -1.27. The molecular formula is C10H17NO5S. The summed E-state index contributed by atoms with van der Waals surface area (Å²) in [5, 5.41) is 28.9. The maximum Gasteiger partial charge on any atom is 0.221 e. The Morgan fingerprint density at radius 3 is 2.53 bits per heavy atom. The molecule has 0 spiro atoms. The van der Waals surface area contributed by atoms with Crippen molar-refractivity contribution in [1.29, 1.82) is 0 Å². The Labute approximate surface area is 103 Å². The fraction of sp³-hybridized carbons (Fsp3) is 0.700. The van der Waals surface area contributed by atoms with E-state index in [0.717, 1.165) is 0 Å². The van der Waals surface area contributed by atoms with Crippen LogP contribution < -0.4 is 5.73 Å². The SMILES string of the molecule is CSC1OC(C=CCC(N)=O)C(O)C(O)C1O. The van der Waals surface area contributed by atoms with Crippen LogP contribution in [0.15, 0.2) is 12.2 Å². The van der Waals surface area contributed by atoms with Gasteiger partial charge in [0, 0.05) is 6.42 Å². The van der Waals surface area contributed by atoms with Gasteiger partial charge in [0.1, 0.15) is 29.9 Å². The Kier molecular flexibility index (Phi) is 5.41. The summed E-state index contributed by atoms with van der Waals surface area (Å²) in [7, 11) is 0. The number of amides is 1. The molecule has 1 fully saturated rings. The van der Waals surface area contributed by atoms with Gasteiger partial charge in [0.15, 0.2) is 0 Å². The van der Waals surface area contributed by atoms with Gasteiger partial charge in [-0.15, -0.1) is 11.8 Å². The van der Waals surface area contributed by atoms with Crippen molar-refractivity contribution in [2.24, 2.45) is 5.73 Å². The number of primary amides is 1. The molecule has 1 rings (SSSR count). The first-order valence-corrected chi connectivity index (χ1v) is 6.43. The van der Waals surface area contributed by atoms with Crippen LogP contribution >= 0.6 is 11.8 Å². The lowest BCUT2D eigenvalue weighted by Crippen LogP contribution is -2.55. The van der Waals surface area contributed by atoms with E-state index in [-0.39, 0.29) is 6.42 Å². The van der Waals surface area contributed by atoms with Crippen molar-refractivity contribution >= 4 is 17.7 Å². The van der Waals surface area contributed by atoms with Gasteiger partial charge >= 0.3 is 0 Å². The van der Waals surface area contributed by atoms with Crippen molar-refractivity contribution in [3.05, 3.63) is 12.2 Å². The van der Waals surface area contributed by atoms with Gasteiger partial charge in [-0.05, 0) is 6.26 Å². The highest BCUT2D eigenvalue weighted by Crippen LogP contribution is 2.27. The van der Waals surface area contributed by atoms with Gasteiger partial charge in [0.2, 0.25) is 5.91 Å². The first kappa shape index (κ1) is 14.5. The molecule has 1 heterocycles. The zero-order valence-electron chi connectivity index (χ0n) is 9.39. The highest BCUT2D eigenvalue weighted by molar-refractivity contribution is 7.99. The molecule has 0 aromatic rings. The fourth-order valence-electron chi connectivity index (χ4n) is 1.55. The van der Waals surface area contributed by atoms with Crippen molar-refractivity contribution in [2.45, 2.75) is 36.3 Å². The van der Waals surface area contributed by atoms with E-state index in [9.17, 15) is 20.1 Å². The number of aliphatic hydroxyl groups is 3. The van der Waals surface area contributed by atoms with Crippen molar-refractivity contribution in [3.63, 3.8) is 0 Å². The van der Waals surface area contributed by atoms with Gasteiger partial charge in [0.25, 0.3) is 0 Å². The molecule has 98 valence electrons. The molecule has 17 heavy (non-hydrogen) atoms. The zero-order chi connectivity index (χ0) is 13.0. The van der Waals surface area contributed by atoms with Crippen molar-refractivity contribution in [1.82, 2.24) is 0 Å². The van der Waals surface area contributed by atoms with E-state index in [1.165, 1.54) is 23.9 Å². The van der Waals surface area contributed by atoms with Gasteiger partial charge in [-0.2, -0.15) is 0 Å². The van der Waals surface area contributed by atoms with Crippen LogP contribution in [0.4, 0.5) is 0 Å². The van der Waals surface area contributed by atoms with Crippen LogP contribution in [0.25, 0.3) is 0 Å². The molecule has 0 radical (unpaired) electrons. The van der Waals surface area contributed by atoms with Crippen molar-refractivity contribution in [2.75, 3.05) is 6.26 Å². The summed E-state index contributed by atoms with van der Waals surface area (Å²) in [4.78, 5) is 10.5. The number of rotatable bonds is 4. The lowest BCUT2D eigenvalue weighted by Gasteiger charge is -2.38. The Bertz CT molecular complexity index is 296. The number of hydrogen-bond acceptors (Lipinski definition) is 6. The second-order valence-electron chi connectivity index (χ2n) is 3.78. The molecule has 0 aromatic carbocycles. The smallest absolute Gasteiger partial charge is 0.221 e. The number of aliphatic hydroxyl groups excluding tert-OH is 3. The average Bonchev–Trinajstić information content (AvgIpc) is 2.29. The van der Waals surface area contributed by atoms with E-state index in [2.05, 4.69) is 0 Å². The minimum Gasteiger partial charge on any atom is -0.387 e. The zero-order valence-corrected chi connectivity index (χ0v) is 10.2. The van der Waals surface area contributed by atoms with E-state index in [1.54, 1.807) is 6.26 Å². The Balaban J connectivity index is 2.65. The molecule has 5 atom stereocenters. The molecule has 0 saturated carbocycles. The molecule has 6 nitrogen and oxygen atoms in total. The van der Waals surface area contributed by atoms with E-state index in [4.69, 9.17) is 10.5 Å². The predicted molar refractivity (Wildman–Crippen MR) is 63.1 cm³/mol. The number of ether oxygens (including phenoxy) is 1. The first-order valence-electron chi connectivity index (χ1n) is 5.14. The van der Waals surface area contributed by atoms with Gasteiger partial charge in [-0.25, -0.2) is 0 Å². The first-order chi connectivity index (χ1) is 7.97. The molecule has 0 bridgehead atoms. The predicted octanol–water partition coefficient (Wildman–Crippen LogP) is -1.41. The summed E-state index contributed by atoms with van der Waals surface area (Å²) in [6.07, 6.45) is 0.302. The lowest BCUT2D eigenvalue weighted by molar-refractivity contribution is -0.184.